The fraction of sp³-hybridized carbons (Fsp3) is 0.429. The summed E-state index contributed by atoms with van der Waals surface area (Å²) in [4.78, 5) is 36.5. The second-order valence-electron chi connectivity index (χ2n) is 10.3. The van der Waals surface area contributed by atoms with Crippen molar-refractivity contribution in [3.8, 4) is 11.5 Å². The van der Waals surface area contributed by atoms with E-state index in [0.29, 0.717) is 32.2 Å². The third-order valence-corrected chi connectivity index (χ3v) is 7.69. The number of nitrogens with one attached hydrogen (secondary N) is 1. The van der Waals surface area contributed by atoms with Gasteiger partial charge in [0.05, 0.1) is 6.61 Å². The molecule has 1 saturated heterocycles. The van der Waals surface area contributed by atoms with Gasteiger partial charge in [0.1, 0.15) is 23.1 Å². The molecule has 0 saturated carbocycles. The van der Waals surface area contributed by atoms with Gasteiger partial charge in [-0.15, -0.1) is 0 Å². The molecule has 2 aromatic carbocycles. The number of hydrogen-bond donors (Lipinski definition) is 2. The monoisotopic (exact) mass is 490 g/mol. The molecule has 0 spiro atoms. The third-order valence-electron chi connectivity index (χ3n) is 7.69. The average Bonchev–Trinajstić information content (AvgIpc) is 3.28. The van der Waals surface area contributed by atoms with E-state index in [4.69, 9.17) is 4.74 Å². The number of carbonyl (C=O) groups is 2. The molecule has 0 unspecified atom stereocenters. The van der Waals surface area contributed by atoms with Crippen LogP contribution in [0.15, 0.2) is 42.5 Å². The molecule has 2 atom stereocenters. The maximum atomic E-state index is 13.9. The Hall–Kier alpha value is -3.52. The number of hydrogen-bond acceptors (Lipinski definition) is 5. The average molecular weight is 491 g/mol. The molecule has 8 nitrogen and oxygen atoms in total. The standard InChI is InChI=1S/C28H34N4O4/c1-6-36-20-10-11-23-21(15-20)22-16-28(4)26(34)31(13-12-30(5)17(2)3)27(35)32(28)25(24(22)29-23)18-8-7-9-19(33)14-18/h7-11,14-15,17,25,29,33H,6,12-13,16H2,1-5H3/t25-,28+/m1/s1. The molecule has 3 amide bonds. The van der Waals surface area contributed by atoms with Crippen LogP contribution in [0.3, 0.4) is 0 Å². The van der Waals surface area contributed by atoms with E-state index in [1.54, 1.807) is 23.1 Å². The van der Waals surface area contributed by atoms with E-state index >= 15 is 0 Å². The zero-order chi connectivity index (χ0) is 25.8. The summed E-state index contributed by atoms with van der Waals surface area (Å²) in [6, 6.07) is 12.3. The Bertz CT molecular complexity index is 1330. The van der Waals surface area contributed by atoms with Gasteiger partial charge in [-0.1, -0.05) is 12.1 Å². The number of ether oxygens (including phenoxy) is 1. The number of aromatic nitrogens is 1. The Labute approximate surface area is 211 Å². The number of phenols is 1. The van der Waals surface area contributed by atoms with Gasteiger partial charge in [0, 0.05) is 42.1 Å². The lowest BCUT2D eigenvalue weighted by atomic mass is 9.81. The first kappa shape index (κ1) is 24.2. The highest BCUT2D eigenvalue weighted by atomic mass is 16.5. The molecule has 0 radical (unpaired) electrons. The Kier molecular flexibility index (Phi) is 5.95. The molecule has 0 bridgehead atoms. The lowest BCUT2D eigenvalue weighted by Crippen LogP contribution is -2.53. The summed E-state index contributed by atoms with van der Waals surface area (Å²) in [5, 5.41) is 11.3. The van der Waals surface area contributed by atoms with E-state index in [-0.39, 0.29) is 17.7 Å². The molecule has 8 heteroatoms. The predicted octanol–water partition coefficient (Wildman–Crippen LogP) is 4.28. The van der Waals surface area contributed by atoms with E-state index in [2.05, 4.69) is 23.7 Å². The highest BCUT2D eigenvalue weighted by Crippen LogP contribution is 2.49. The second kappa shape index (κ2) is 8.85. The van der Waals surface area contributed by atoms with Crippen LogP contribution in [0.4, 0.5) is 4.79 Å². The van der Waals surface area contributed by atoms with Crippen molar-refractivity contribution in [1.82, 2.24) is 19.7 Å². The quantitative estimate of drug-likeness (QED) is 0.483. The number of fused-ring (bicyclic) bond motifs is 4. The van der Waals surface area contributed by atoms with Crippen LogP contribution in [-0.4, -0.2) is 75.1 Å². The third kappa shape index (κ3) is 3.71. The van der Waals surface area contributed by atoms with Gasteiger partial charge >= 0.3 is 6.03 Å². The molecular formula is C28H34N4O4. The SMILES string of the molecule is CCOc1ccc2[nH]c3c(c2c1)C[C@@]1(C)C(=O)N(CCN(C)C(C)C)C(=O)N1[C@@H]3c1cccc(O)c1. The smallest absolute Gasteiger partial charge is 0.328 e. The molecule has 1 fully saturated rings. The number of rotatable bonds is 7. The van der Waals surface area contributed by atoms with Crippen molar-refractivity contribution in [2.24, 2.45) is 0 Å². The van der Waals surface area contributed by atoms with Crippen molar-refractivity contribution in [2.45, 2.75) is 51.7 Å². The van der Waals surface area contributed by atoms with Crippen molar-refractivity contribution in [3.63, 3.8) is 0 Å². The van der Waals surface area contributed by atoms with Crippen molar-refractivity contribution in [3.05, 3.63) is 59.3 Å². The van der Waals surface area contributed by atoms with Crippen LogP contribution in [0.2, 0.25) is 0 Å². The highest BCUT2D eigenvalue weighted by Gasteiger charge is 2.60. The zero-order valence-corrected chi connectivity index (χ0v) is 21.5. The van der Waals surface area contributed by atoms with Crippen molar-refractivity contribution >= 4 is 22.8 Å². The molecule has 2 aliphatic rings. The van der Waals surface area contributed by atoms with Crippen LogP contribution in [-0.2, 0) is 11.2 Å². The summed E-state index contributed by atoms with van der Waals surface area (Å²) >= 11 is 0. The largest absolute Gasteiger partial charge is 0.508 e. The molecule has 190 valence electrons. The number of H-pyrrole nitrogens is 1. The van der Waals surface area contributed by atoms with Gasteiger partial charge in [-0.3, -0.25) is 14.6 Å². The predicted molar refractivity (Wildman–Crippen MR) is 138 cm³/mol. The fourth-order valence-electron chi connectivity index (χ4n) is 5.50. The molecule has 2 aliphatic heterocycles. The highest BCUT2D eigenvalue weighted by molar-refractivity contribution is 6.08. The summed E-state index contributed by atoms with van der Waals surface area (Å²) in [5.74, 6) is 0.695. The molecule has 0 aliphatic carbocycles. The minimum absolute atomic E-state index is 0.115. The molecule has 2 N–H and O–H groups in total. The number of likely N-dealkylation sites (N-methyl/N-ethyl adjacent to an activating group) is 1. The first-order valence-corrected chi connectivity index (χ1v) is 12.6. The van der Waals surface area contributed by atoms with Gasteiger partial charge in [0.2, 0.25) is 0 Å². The number of urea groups is 1. The minimum atomic E-state index is -1.05. The lowest BCUT2D eigenvalue weighted by molar-refractivity contribution is -0.133. The lowest BCUT2D eigenvalue weighted by Gasteiger charge is -2.42. The first-order valence-electron chi connectivity index (χ1n) is 12.6. The molecule has 5 rings (SSSR count). The number of nitrogens with zero attached hydrogens (tertiary/aromatic N) is 3. The molecule has 36 heavy (non-hydrogen) atoms. The number of phenolic OH excluding ortho intramolecular Hbond substituents is 1. The van der Waals surface area contributed by atoms with Crippen LogP contribution in [0.5, 0.6) is 11.5 Å². The van der Waals surface area contributed by atoms with Crippen LogP contribution < -0.4 is 4.74 Å². The molecule has 3 heterocycles. The Morgan fingerprint density at radius 2 is 2.00 bits per heavy atom. The van der Waals surface area contributed by atoms with Crippen molar-refractivity contribution in [1.29, 1.82) is 0 Å². The second-order valence-corrected chi connectivity index (χ2v) is 10.3. The van der Waals surface area contributed by atoms with Crippen LogP contribution in [0.25, 0.3) is 10.9 Å². The van der Waals surface area contributed by atoms with Gasteiger partial charge in [-0.25, -0.2) is 4.79 Å². The van der Waals surface area contributed by atoms with Crippen molar-refractivity contribution in [2.75, 3.05) is 26.7 Å². The maximum absolute atomic E-state index is 13.9. The van der Waals surface area contributed by atoms with Gasteiger partial charge in [0.15, 0.2) is 0 Å². The van der Waals surface area contributed by atoms with E-state index < -0.39 is 11.6 Å². The normalized spacial score (nSPS) is 21.6. The number of benzene rings is 2. The summed E-state index contributed by atoms with van der Waals surface area (Å²) < 4.78 is 5.75. The van der Waals surface area contributed by atoms with Crippen LogP contribution >= 0.6 is 0 Å². The van der Waals surface area contributed by atoms with Crippen LogP contribution in [0, 0.1) is 0 Å². The Balaban J connectivity index is 1.65. The number of amides is 3. The number of aromatic hydroxyl groups is 1. The number of aromatic amines is 1. The Morgan fingerprint density at radius 3 is 2.69 bits per heavy atom. The van der Waals surface area contributed by atoms with E-state index in [0.717, 1.165) is 33.5 Å². The van der Waals surface area contributed by atoms with E-state index in [1.165, 1.54) is 4.90 Å². The van der Waals surface area contributed by atoms with Crippen molar-refractivity contribution < 1.29 is 19.4 Å². The summed E-state index contributed by atoms with van der Waals surface area (Å²) in [7, 11) is 1.99. The topological polar surface area (TPSA) is 89.1 Å². The molecule has 1 aromatic heterocycles. The number of imide groups is 1. The summed E-state index contributed by atoms with van der Waals surface area (Å²) in [6.07, 6.45) is 0.397. The minimum Gasteiger partial charge on any atom is -0.508 e. The molecule has 3 aromatic rings. The maximum Gasteiger partial charge on any atom is 0.328 e. The van der Waals surface area contributed by atoms with Gasteiger partial charge < -0.3 is 19.7 Å². The van der Waals surface area contributed by atoms with Gasteiger partial charge in [-0.2, -0.15) is 0 Å². The summed E-state index contributed by atoms with van der Waals surface area (Å²) in [6.45, 7) is 9.47. The number of carbonyl (C=O) groups excluding carboxylic acids is 2. The zero-order valence-electron chi connectivity index (χ0n) is 21.5. The van der Waals surface area contributed by atoms with E-state index in [9.17, 15) is 14.7 Å². The first-order chi connectivity index (χ1) is 17.2. The van der Waals surface area contributed by atoms with Gasteiger partial charge in [0.25, 0.3) is 5.91 Å². The Morgan fingerprint density at radius 1 is 1.22 bits per heavy atom. The van der Waals surface area contributed by atoms with Crippen LogP contribution in [0.1, 0.15) is 50.6 Å². The fourth-order valence-corrected chi connectivity index (χ4v) is 5.50. The van der Waals surface area contributed by atoms with Gasteiger partial charge in [-0.05, 0) is 76.2 Å². The van der Waals surface area contributed by atoms with E-state index in [1.807, 2.05) is 45.2 Å². The molecular weight excluding hydrogens is 456 g/mol. The summed E-state index contributed by atoms with van der Waals surface area (Å²) in [5.41, 5.74) is 2.49.